The Hall–Kier alpha value is -1.56. The molecule has 1 N–H and O–H groups in total. The Morgan fingerprint density at radius 2 is 1.84 bits per heavy atom. The minimum absolute atomic E-state index is 0.135. The molecule has 2 aromatic carbocycles. The highest BCUT2D eigenvalue weighted by atomic mass is 79.9. The number of methoxy groups -OCH3 is 2. The number of rotatable bonds is 5. The Balaban J connectivity index is 2.09. The first kappa shape index (κ1) is 18.2. The molecule has 1 aliphatic heterocycles. The summed E-state index contributed by atoms with van der Waals surface area (Å²) in [6.45, 7) is 4.12. The van der Waals surface area contributed by atoms with Crippen LogP contribution in [0.4, 0.5) is 0 Å². The highest BCUT2D eigenvalue weighted by Crippen LogP contribution is 2.39. The van der Waals surface area contributed by atoms with Gasteiger partial charge < -0.3 is 14.8 Å². The topological polar surface area (TPSA) is 33.7 Å². The van der Waals surface area contributed by atoms with E-state index in [4.69, 9.17) is 9.47 Å². The molecule has 1 saturated heterocycles. The SMILES string of the molecule is COc1ccc(C(c2ccccc2Br)N2CCCNCC2)c(OC)c1. The Labute approximate surface area is 158 Å². The lowest BCUT2D eigenvalue weighted by Crippen LogP contribution is -2.33. The minimum Gasteiger partial charge on any atom is -0.497 e. The Morgan fingerprint density at radius 1 is 1.00 bits per heavy atom. The molecular weight excluding hydrogens is 380 g/mol. The number of nitrogens with zero attached hydrogens (tertiary/aromatic N) is 1. The zero-order chi connectivity index (χ0) is 17.6. The third-order valence-corrected chi connectivity index (χ3v) is 5.40. The quantitative estimate of drug-likeness (QED) is 0.820. The summed E-state index contributed by atoms with van der Waals surface area (Å²) in [7, 11) is 3.40. The van der Waals surface area contributed by atoms with Crippen LogP contribution >= 0.6 is 15.9 Å². The van der Waals surface area contributed by atoms with Crippen LogP contribution in [0.3, 0.4) is 0 Å². The molecule has 0 aromatic heterocycles. The molecular formula is C20H25BrN2O2. The number of nitrogens with one attached hydrogen (secondary N) is 1. The second-order valence-corrected chi connectivity index (χ2v) is 7.03. The number of ether oxygens (including phenoxy) is 2. The molecule has 0 bridgehead atoms. The van der Waals surface area contributed by atoms with Crippen molar-refractivity contribution in [3.8, 4) is 11.5 Å². The lowest BCUT2D eigenvalue weighted by Gasteiger charge is -2.33. The van der Waals surface area contributed by atoms with Gasteiger partial charge in [0, 0.05) is 35.7 Å². The van der Waals surface area contributed by atoms with Crippen LogP contribution < -0.4 is 14.8 Å². The molecule has 25 heavy (non-hydrogen) atoms. The molecule has 4 nitrogen and oxygen atoms in total. The van der Waals surface area contributed by atoms with Gasteiger partial charge in [-0.3, -0.25) is 4.90 Å². The molecule has 0 saturated carbocycles. The van der Waals surface area contributed by atoms with Crippen LogP contribution in [0.15, 0.2) is 46.9 Å². The molecule has 1 heterocycles. The lowest BCUT2D eigenvalue weighted by molar-refractivity contribution is 0.235. The second kappa shape index (κ2) is 8.70. The van der Waals surface area contributed by atoms with Gasteiger partial charge in [0.15, 0.2) is 0 Å². The predicted molar refractivity (Wildman–Crippen MR) is 105 cm³/mol. The Bertz CT molecular complexity index is 700. The third kappa shape index (κ3) is 4.17. The number of halogens is 1. The van der Waals surface area contributed by atoms with Crippen LogP contribution in [0.5, 0.6) is 11.5 Å². The molecule has 2 aromatic rings. The van der Waals surface area contributed by atoms with E-state index in [0.717, 1.165) is 54.1 Å². The highest BCUT2D eigenvalue weighted by molar-refractivity contribution is 9.10. The van der Waals surface area contributed by atoms with Crippen molar-refractivity contribution in [2.75, 3.05) is 40.4 Å². The molecule has 134 valence electrons. The minimum atomic E-state index is 0.135. The van der Waals surface area contributed by atoms with Crippen LogP contribution in [0.1, 0.15) is 23.6 Å². The van der Waals surface area contributed by atoms with Crippen molar-refractivity contribution in [2.24, 2.45) is 0 Å². The first-order valence-electron chi connectivity index (χ1n) is 8.65. The molecule has 3 rings (SSSR count). The van der Waals surface area contributed by atoms with E-state index in [1.807, 2.05) is 12.1 Å². The number of hydrogen-bond acceptors (Lipinski definition) is 4. The predicted octanol–water partition coefficient (Wildman–Crippen LogP) is 3.85. The third-order valence-electron chi connectivity index (χ3n) is 4.67. The number of benzene rings is 2. The molecule has 1 aliphatic rings. The van der Waals surface area contributed by atoms with Crippen molar-refractivity contribution >= 4 is 15.9 Å². The molecule has 1 unspecified atom stereocenters. The molecule has 0 radical (unpaired) electrons. The van der Waals surface area contributed by atoms with Crippen molar-refractivity contribution in [3.05, 3.63) is 58.1 Å². The van der Waals surface area contributed by atoms with Gasteiger partial charge >= 0.3 is 0 Å². The smallest absolute Gasteiger partial charge is 0.127 e. The zero-order valence-electron chi connectivity index (χ0n) is 14.8. The highest BCUT2D eigenvalue weighted by Gasteiger charge is 2.27. The summed E-state index contributed by atoms with van der Waals surface area (Å²) in [5, 5.41) is 3.49. The van der Waals surface area contributed by atoms with Gasteiger partial charge in [-0.05, 0) is 36.7 Å². The Morgan fingerprint density at radius 3 is 2.60 bits per heavy atom. The van der Waals surface area contributed by atoms with E-state index in [1.165, 1.54) is 5.56 Å². The molecule has 1 fully saturated rings. The van der Waals surface area contributed by atoms with Gasteiger partial charge in [-0.2, -0.15) is 0 Å². The monoisotopic (exact) mass is 404 g/mol. The normalized spacial score (nSPS) is 16.9. The summed E-state index contributed by atoms with van der Waals surface area (Å²) in [5.74, 6) is 1.67. The van der Waals surface area contributed by atoms with Crippen molar-refractivity contribution in [3.63, 3.8) is 0 Å². The van der Waals surface area contributed by atoms with Crippen LogP contribution in [0.25, 0.3) is 0 Å². The van der Waals surface area contributed by atoms with Crippen molar-refractivity contribution in [1.29, 1.82) is 0 Å². The fourth-order valence-electron chi connectivity index (χ4n) is 3.43. The zero-order valence-corrected chi connectivity index (χ0v) is 16.4. The standard InChI is InChI=1S/C20H25BrN2O2/c1-24-15-8-9-17(19(14-15)25-2)20(16-6-3-4-7-18(16)21)23-12-5-10-22-11-13-23/h3-4,6-9,14,20,22H,5,10-13H2,1-2H3. The van der Waals surface area contributed by atoms with Gasteiger partial charge in [-0.25, -0.2) is 0 Å². The van der Waals surface area contributed by atoms with Crippen molar-refractivity contribution in [2.45, 2.75) is 12.5 Å². The number of hydrogen-bond donors (Lipinski definition) is 1. The van der Waals surface area contributed by atoms with Gasteiger partial charge in [-0.1, -0.05) is 34.1 Å². The fourth-order valence-corrected chi connectivity index (χ4v) is 3.93. The molecule has 1 atom stereocenters. The maximum Gasteiger partial charge on any atom is 0.127 e. The first-order chi connectivity index (χ1) is 12.2. The van der Waals surface area contributed by atoms with Crippen LogP contribution in [-0.4, -0.2) is 45.3 Å². The van der Waals surface area contributed by atoms with Crippen molar-refractivity contribution < 1.29 is 9.47 Å². The molecule has 0 spiro atoms. The van der Waals surface area contributed by atoms with Gasteiger partial charge in [-0.15, -0.1) is 0 Å². The van der Waals surface area contributed by atoms with Gasteiger partial charge in [0.1, 0.15) is 11.5 Å². The van der Waals surface area contributed by atoms with Crippen LogP contribution in [-0.2, 0) is 0 Å². The summed E-state index contributed by atoms with van der Waals surface area (Å²) < 4.78 is 12.2. The van der Waals surface area contributed by atoms with Gasteiger partial charge in [0.05, 0.1) is 20.3 Å². The maximum atomic E-state index is 5.71. The van der Waals surface area contributed by atoms with Crippen LogP contribution in [0.2, 0.25) is 0 Å². The molecule has 0 amide bonds. The molecule has 5 heteroatoms. The van der Waals surface area contributed by atoms with E-state index in [1.54, 1.807) is 14.2 Å². The largest absolute Gasteiger partial charge is 0.497 e. The summed E-state index contributed by atoms with van der Waals surface area (Å²) in [6.07, 6.45) is 1.14. The summed E-state index contributed by atoms with van der Waals surface area (Å²) >= 11 is 3.75. The van der Waals surface area contributed by atoms with Gasteiger partial charge in [0.25, 0.3) is 0 Å². The second-order valence-electron chi connectivity index (χ2n) is 6.17. The lowest BCUT2D eigenvalue weighted by atomic mass is 9.95. The summed E-state index contributed by atoms with van der Waals surface area (Å²) in [5.41, 5.74) is 2.42. The van der Waals surface area contributed by atoms with Crippen molar-refractivity contribution in [1.82, 2.24) is 10.2 Å². The van der Waals surface area contributed by atoms with E-state index < -0.39 is 0 Å². The van der Waals surface area contributed by atoms with E-state index in [0.29, 0.717) is 0 Å². The maximum absolute atomic E-state index is 5.71. The van der Waals surface area contributed by atoms with E-state index >= 15 is 0 Å². The molecule has 0 aliphatic carbocycles. The van der Waals surface area contributed by atoms with Gasteiger partial charge in [0.2, 0.25) is 0 Å². The summed E-state index contributed by atoms with van der Waals surface area (Å²) in [4.78, 5) is 2.53. The van der Waals surface area contributed by atoms with E-state index in [9.17, 15) is 0 Å². The fraction of sp³-hybridized carbons (Fsp3) is 0.400. The Kier molecular flexibility index (Phi) is 6.34. The average molecular weight is 405 g/mol. The van der Waals surface area contributed by atoms with E-state index in [-0.39, 0.29) is 6.04 Å². The average Bonchev–Trinajstić information content (AvgIpc) is 2.93. The first-order valence-corrected chi connectivity index (χ1v) is 9.45. The van der Waals surface area contributed by atoms with Crippen LogP contribution in [0, 0.1) is 0 Å². The summed E-state index contributed by atoms with van der Waals surface area (Å²) in [6, 6.07) is 14.7. The van der Waals surface area contributed by atoms with E-state index in [2.05, 4.69) is 56.5 Å².